The van der Waals surface area contributed by atoms with Gasteiger partial charge in [-0.15, -0.1) is 0 Å². The molecule has 1 atom stereocenters. The maximum atomic E-state index is 11.0. The molecule has 0 saturated carbocycles. The molecule has 19 heavy (non-hydrogen) atoms. The molecule has 3 heteroatoms. The minimum absolute atomic E-state index is 0. The van der Waals surface area contributed by atoms with E-state index in [2.05, 4.69) is 0 Å². The maximum Gasteiger partial charge on any atom is 0.133 e. The van der Waals surface area contributed by atoms with Gasteiger partial charge in [0, 0.05) is 25.9 Å². The number of hydrogen-bond donors (Lipinski definition) is 1. The predicted octanol–water partition coefficient (Wildman–Crippen LogP) is 3.87. The summed E-state index contributed by atoms with van der Waals surface area (Å²) in [6.07, 6.45) is 0.578. The molecule has 1 unspecified atom stereocenters. The second-order valence-corrected chi connectivity index (χ2v) is 4.57. The van der Waals surface area contributed by atoms with Gasteiger partial charge in [0.1, 0.15) is 5.78 Å². The molecule has 102 valence electrons. The summed E-state index contributed by atoms with van der Waals surface area (Å²) in [5.41, 5.74) is 3.08. The van der Waals surface area contributed by atoms with Crippen molar-refractivity contribution in [2.75, 3.05) is 0 Å². The van der Waals surface area contributed by atoms with Crippen LogP contribution in [-0.4, -0.2) is 10.9 Å². The number of rotatable bonds is 5. The molecule has 1 N–H and O–H groups in total. The third kappa shape index (κ3) is 7.39. The Labute approximate surface area is 129 Å². The van der Waals surface area contributed by atoms with Crippen molar-refractivity contribution >= 4 is 5.78 Å². The number of Topliss-reactive ketones (excluding diaryl/α,β-unsaturated/α-hetero) is 1. The fourth-order valence-corrected chi connectivity index (χ4v) is 1.78. The van der Waals surface area contributed by atoms with Gasteiger partial charge >= 0.3 is 0 Å². The van der Waals surface area contributed by atoms with Gasteiger partial charge in [0.25, 0.3) is 0 Å². The number of carbonyl (C=O) groups excluding carboxylic acids is 1. The molecule has 0 amide bonds. The zero-order chi connectivity index (χ0) is 12.8. The van der Waals surface area contributed by atoms with Crippen LogP contribution in [0.25, 0.3) is 0 Å². The summed E-state index contributed by atoms with van der Waals surface area (Å²) < 4.78 is 0. The summed E-state index contributed by atoms with van der Waals surface area (Å²) in [5.74, 6) is 0.163. The molecule has 0 saturated heterocycles. The van der Waals surface area contributed by atoms with E-state index >= 15 is 0 Å². The van der Waals surface area contributed by atoms with Gasteiger partial charge in [0.05, 0.1) is 6.10 Å². The zero-order valence-electron chi connectivity index (χ0n) is 12.4. The first-order valence-corrected chi connectivity index (χ1v) is 5.88. The van der Waals surface area contributed by atoms with E-state index in [0.717, 1.165) is 16.7 Å². The molecule has 0 aliphatic rings. The van der Waals surface area contributed by atoms with Crippen molar-refractivity contribution in [2.24, 2.45) is 0 Å². The largest absolute Gasteiger partial charge is 0.388 e. The Bertz CT molecular complexity index is 410. The van der Waals surface area contributed by atoms with Crippen molar-refractivity contribution < 1.29 is 29.4 Å². The smallest absolute Gasteiger partial charge is 0.133 e. The van der Waals surface area contributed by atoms with Crippen LogP contribution >= 0.6 is 0 Å². The average molecular weight is 313 g/mol. The standard InChI is InChI=1S/C15H20O2.CH3.Zn/c1-11(9-13(3)16)12(2)10-15(17)14-7-5-4-6-8-14;;/h4-8,15,17H,9-10H2,1-3H3;1H3;/q;-1;/b12-11+;;. The molecule has 1 aromatic rings. The molecule has 2 nitrogen and oxygen atoms in total. The summed E-state index contributed by atoms with van der Waals surface area (Å²) in [4.78, 5) is 11.0. The fourth-order valence-electron chi connectivity index (χ4n) is 1.78. The van der Waals surface area contributed by atoms with Crippen molar-refractivity contribution in [1.29, 1.82) is 0 Å². The number of aliphatic hydroxyl groups is 1. The zero-order valence-corrected chi connectivity index (χ0v) is 15.4. The van der Waals surface area contributed by atoms with Gasteiger partial charge in [-0.25, -0.2) is 0 Å². The summed E-state index contributed by atoms with van der Waals surface area (Å²) >= 11 is 0. The molecule has 0 aromatic heterocycles. The molecule has 0 radical (unpaired) electrons. The average Bonchev–Trinajstić information content (AvgIpc) is 2.29. The molecule has 0 fully saturated rings. The topological polar surface area (TPSA) is 37.3 Å². The number of benzene rings is 1. The number of carbonyl (C=O) groups is 1. The third-order valence-corrected chi connectivity index (χ3v) is 2.93. The van der Waals surface area contributed by atoms with E-state index in [1.807, 2.05) is 44.2 Å². The van der Waals surface area contributed by atoms with Crippen LogP contribution < -0.4 is 0 Å². The van der Waals surface area contributed by atoms with E-state index in [4.69, 9.17) is 0 Å². The number of ketones is 1. The Morgan fingerprint density at radius 2 is 1.63 bits per heavy atom. The molecule has 0 bridgehead atoms. The van der Waals surface area contributed by atoms with Gasteiger partial charge in [-0.1, -0.05) is 41.5 Å². The minimum Gasteiger partial charge on any atom is -0.388 e. The molecule has 0 spiro atoms. The predicted molar refractivity (Wildman–Crippen MR) is 76.1 cm³/mol. The van der Waals surface area contributed by atoms with Crippen molar-refractivity contribution in [3.05, 3.63) is 54.5 Å². The van der Waals surface area contributed by atoms with Gasteiger partial charge in [0.2, 0.25) is 0 Å². The van der Waals surface area contributed by atoms with Crippen LogP contribution in [0.4, 0.5) is 0 Å². The van der Waals surface area contributed by atoms with Crippen LogP contribution in [0.1, 0.15) is 45.3 Å². The van der Waals surface area contributed by atoms with Crippen LogP contribution in [0.5, 0.6) is 0 Å². The Morgan fingerprint density at radius 3 is 2.11 bits per heavy atom. The van der Waals surface area contributed by atoms with Crippen LogP contribution in [0.15, 0.2) is 41.5 Å². The number of allylic oxidation sites excluding steroid dienone is 1. The molecular formula is C16H23O2Zn-. The van der Waals surface area contributed by atoms with Crippen molar-refractivity contribution in [3.63, 3.8) is 0 Å². The SMILES string of the molecule is CC(=O)C/C(C)=C(\C)CC(O)c1ccccc1.[CH3-].[Zn]. The normalized spacial score (nSPS) is 12.6. The quantitative estimate of drug-likeness (QED) is 0.509. The van der Waals surface area contributed by atoms with E-state index in [0.29, 0.717) is 12.8 Å². The Morgan fingerprint density at radius 1 is 1.11 bits per heavy atom. The van der Waals surface area contributed by atoms with Crippen molar-refractivity contribution in [2.45, 2.75) is 39.7 Å². The van der Waals surface area contributed by atoms with E-state index < -0.39 is 6.10 Å². The molecule has 0 aliphatic carbocycles. The molecule has 1 rings (SSSR count). The van der Waals surface area contributed by atoms with E-state index in [1.54, 1.807) is 6.92 Å². The van der Waals surface area contributed by atoms with Gasteiger partial charge < -0.3 is 12.5 Å². The van der Waals surface area contributed by atoms with Gasteiger partial charge in [-0.2, -0.15) is 0 Å². The summed E-state index contributed by atoms with van der Waals surface area (Å²) in [5, 5.41) is 10.1. The van der Waals surface area contributed by atoms with Crippen LogP contribution in [0, 0.1) is 7.43 Å². The second kappa shape index (κ2) is 10.1. The molecule has 0 heterocycles. The summed E-state index contributed by atoms with van der Waals surface area (Å²) in [6, 6.07) is 9.59. The van der Waals surface area contributed by atoms with Gasteiger partial charge in [-0.3, -0.25) is 4.79 Å². The fraction of sp³-hybridized carbons (Fsp3) is 0.375. The first-order chi connectivity index (χ1) is 8.00. The minimum atomic E-state index is -0.488. The monoisotopic (exact) mass is 311 g/mol. The van der Waals surface area contributed by atoms with Gasteiger partial charge in [0.15, 0.2) is 0 Å². The van der Waals surface area contributed by atoms with Crippen molar-refractivity contribution in [3.8, 4) is 0 Å². The molecule has 0 aliphatic heterocycles. The van der Waals surface area contributed by atoms with E-state index in [-0.39, 0.29) is 32.7 Å². The summed E-state index contributed by atoms with van der Waals surface area (Å²) in [7, 11) is 0. The first kappa shape index (κ1) is 20.5. The Balaban J connectivity index is 0. The number of hydrogen-bond acceptors (Lipinski definition) is 2. The van der Waals surface area contributed by atoms with Crippen LogP contribution in [0.2, 0.25) is 0 Å². The molecular weight excluding hydrogens is 290 g/mol. The third-order valence-electron chi connectivity index (χ3n) is 2.93. The van der Waals surface area contributed by atoms with Gasteiger partial charge in [-0.05, 0) is 32.8 Å². The van der Waals surface area contributed by atoms with Crippen LogP contribution in [-0.2, 0) is 24.3 Å². The maximum absolute atomic E-state index is 11.0. The van der Waals surface area contributed by atoms with E-state index in [9.17, 15) is 9.90 Å². The summed E-state index contributed by atoms with van der Waals surface area (Å²) in [6.45, 7) is 5.52. The first-order valence-electron chi connectivity index (χ1n) is 5.88. The second-order valence-electron chi connectivity index (χ2n) is 4.57. The van der Waals surface area contributed by atoms with E-state index in [1.165, 1.54) is 0 Å². The van der Waals surface area contributed by atoms with Crippen LogP contribution in [0.3, 0.4) is 0 Å². The van der Waals surface area contributed by atoms with Crippen molar-refractivity contribution in [1.82, 2.24) is 0 Å². The molecule has 1 aromatic carbocycles. The Kier molecular flexibility index (Phi) is 10.9. The Hall–Kier alpha value is -0.787. The number of aliphatic hydroxyl groups excluding tert-OH is 1.